The Bertz CT molecular complexity index is 1060. The first-order chi connectivity index (χ1) is 14.9. The lowest BCUT2D eigenvalue weighted by Gasteiger charge is -2.23. The fraction of sp³-hybridized carbons (Fsp3) is 0.364. The largest absolute Gasteiger partial charge is 0.339 e. The van der Waals surface area contributed by atoms with E-state index >= 15 is 0 Å². The van der Waals surface area contributed by atoms with Crippen LogP contribution in [0.3, 0.4) is 0 Å². The zero-order chi connectivity index (χ0) is 22.0. The van der Waals surface area contributed by atoms with Crippen LogP contribution in [0.25, 0.3) is 0 Å². The standard InChI is InChI=1S/C22H24ClN3O4S/c23-17-7-11-19(12-8-17)31(29,30)26-15-3-4-20(26)21(27)24-18-9-5-16(6-10-18)22(28)25-13-1-2-14-25/h5-12,20H,1-4,13-15H2,(H,24,27). The van der Waals surface area contributed by atoms with Crippen molar-refractivity contribution in [3.63, 3.8) is 0 Å². The number of anilines is 1. The van der Waals surface area contributed by atoms with Gasteiger partial charge in [-0.25, -0.2) is 8.42 Å². The molecule has 0 radical (unpaired) electrons. The fourth-order valence-electron chi connectivity index (χ4n) is 4.06. The second kappa shape index (κ2) is 8.98. The van der Waals surface area contributed by atoms with Crippen molar-refractivity contribution < 1.29 is 18.0 Å². The Morgan fingerprint density at radius 2 is 1.55 bits per heavy atom. The SMILES string of the molecule is O=C(Nc1ccc(C(=O)N2CCCC2)cc1)C1CCCN1S(=O)(=O)c1ccc(Cl)cc1. The number of amides is 2. The number of nitrogens with one attached hydrogen (secondary N) is 1. The molecule has 0 aliphatic carbocycles. The molecule has 1 atom stereocenters. The molecule has 2 aliphatic rings. The molecule has 2 aromatic rings. The molecule has 2 aliphatic heterocycles. The molecule has 2 fully saturated rings. The minimum absolute atomic E-state index is 0.00796. The molecular weight excluding hydrogens is 438 g/mol. The van der Waals surface area contributed by atoms with E-state index in [9.17, 15) is 18.0 Å². The second-order valence-corrected chi connectivity index (χ2v) is 10.1. The number of hydrogen-bond donors (Lipinski definition) is 1. The van der Waals surface area contributed by atoms with Gasteiger partial charge in [-0.1, -0.05) is 11.6 Å². The highest BCUT2D eigenvalue weighted by Crippen LogP contribution is 2.28. The molecule has 1 unspecified atom stereocenters. The highest BCUT2D eigenvalue weighted by Gasteiger charge is 2.39. The lowest BCUT2D eigenvalue weighted by atomic mass is 10.1. The van der Waals surface area contributed by atoms with Crippen LogP contribution >= 0.6 is 11.6 Å². The molecule has 0 saturated carbocycles. The van der Waals surface area contributed by atoms with E-state index in [2.05, 4.69) is 5.32 Å². The summed E-state index contributed by atoms with van der Waals surface area (Å²) >= 11 is 5.86. The van der Waals surface area contributed by atoms with Crippen molar-refractivity contribution in [2.45, 2.75) is 36.6 Å². The number of nitrogens with zero attached hydrogens (tertiary/aromatic N) is 2. The third-order valence-electron chi connectivity index (χ3n) is 5.72. The van der Waals surface area contributed by atoms with Crippen molar-refractivity contribution in [1.29, 1.82) is 0 Å². The molecule has 1 N–H and O–H groups in total. The number of sulfonamides is 1. The number of halogens is 1. The van der Waals surface area contributed by atoms with E-state index in [0.717, 1.165) is 25.9 Å². The molecule has 2 amide bonds. The maximum atomic E-state index is 13.0. The van der Waals surface area contributed by atoms with Gasteiger partial charge in [0.25, 0.3) is 5.91 Å². The van der Waals surface area contributed by atoms with Crippen molar-refractivity contribution in [1.82, 2.24) is 9.21 Å². The van der Waals surface area contributed by atoms with Crippen LogP contribution in [0.5, 0.6) is 0 Å². The minimum atomic E-state index is -3.81. The van der Waals surface area contributed by atoms with E-state index in [1.165, 1.54) is 28.6 Å². The zero-order valence-corrected chi connectivity index (χ0v) is 18.5. The van der Waals surface area contributed by atoms with Gasteiger partial charge in [0.1, 0.15) is 6.04 Å². The lowest BCUT2D eigenvalue weighted by Crippen LogP contribution is -2.43. The van der Waals surface area contributed by atoms with E-state index in [1.54, 1.807) is 24.3 Å². The van der Waals surface area contributed by atoms with Gasteiger partial charge in [-0.15, -0.1) is 0 Å². The molecule has 7 nitrogen and oxygen atoms in total. The third-order valence-corrected chi connectivity index (χ3v) is 7.89. The van der Waals surface area contributed by atoms with Crippen LogP contribution in [0.2, 0.25) is 5.02 Å². The van der Waals surface area contributed by atoms with E-state index in [1.807, 2.05) is 4.90 Å². The molecule has 0 spiro atoms. The van der Waals surface area contributed by atoms with E-state index < -0.39 is 16.1 Å². The Morgan fingerprint density at radius 3 is 2.19 bits per heavy atom. The van der Waals surface area contributed by atoms with Gasteiger partial charge in [0.2, 0.25) is 15.9 Å². The molecule has 164 valence electrons. The maximum Gasteiger partial charge on any atom is 0.253 e. The number of hydrogen-bond acceptors (Lipinski definition) is 4. The van der Waals surface area contributed by atoms with E-state index in [0.29, 0.717) is 29.1 Å². The number of likely N-dealkylation sites (tertiary alicyclic amines) is 1. The first-order valence-electron chi connectivity index (χ1n) is 10.3. The van der Waals surface area contributed by atoms with Crippen LogP contribution in [0.15, 0.2) is 53.4 Å². The maximum absolute atomic E-state index is 13.0. The highest BCUT2D eigenvalue weighted by molar-refractivity contribution is 7.89. The Kier molecular flexibility index (Phi) is 6.31. The number of benzene rings is 2. The minimum Gasteiger partial charge on any atom is -0.339 e. The summed E-state index contributed by atoms with van der Waals surface area (Å²) in [6.45, 7) is 1.83. The van der Waals surface area contributed by atoms with Crippen LogP contribution < -0.4 is 5.32 Å². The van der Waals surface area contributed by atoms with Gasteiger partial charge in [-0.05, 0) is 74.2 Å². The predicted octanol–water partition coefficient (Wildman–Crippen LogP) is 3.37. The molecule has 0 aromatic heterocycles. The average molecular weight is 462 g/mol. The molecule has 2 saturated heterocycles. The Morgan fingerprint density at radius 1 is 0.903 bits per heavy atom. The van der Waals surface area contributed by atoms with Gasteiger partial charge < -0.3 is 10.2 Å². The summed E-state index contributed by atoms with van der Waals surface area (Å²) < 4.78 is 27.3. The van der Waals surface area contributed by atoms with Gasteiger partial charge in [0, 0.05) is 35.9 Å². The highest BCUT2D eigenvalue weighted by atomic mass is 35.5. The Labute approximate surface area is 187 Å². The summed E-state index contributed by atoms with van der Waals surface area (Å²) in [5.41, 5.74) is 1.10. The summed E-state index contributed by atoms with van der Waals surface area (Å²) in [4.78, 5) is 27.3. The van der Waals surface area contributed by atoms with E-state index in [-0.39, 0.29) is 23.3 Å². The lowest BCUT2D eigenvalue weighted by molar-refractivity contribution is -0.119. The normalized spacial score (nSPS) is 19.5. The average Bonchev–Trinajstić information content (AvgIpc) is 3.47. The molecular formula is C22H24ClN3O4S. The monoisotopic (exact) mass is 461 g/mol. The summed E-state index contributed by atoms with van der Waals surface area (Å²) in [6.07, 6.45) is 3.10. The molecule has 0 bridgehead atoms. The quantitative estimate of drug-likeness (QED) is 0.739. The Hall–Kier alpha value is -2.42. The van der Waals surface area contributed by atoms with Crippen LogP contribution in [0.1, 0.15) is 36.0 Å². The van der Waals surface area contributed by atoms with Gasteiger partial charge in [-0.3, -0.25) is 9.59 Å². The molecule has 4 rings (SSSR count). The number of carbonyl (C=O) groups is 2. The van der Waals surface area contributed by atoms with Crippen LogP contribution in [0.4, 0.5) is 5.69 Å². The zero-order valence-electron chi connectivity index (χ0n) is 17.0. The van der Waals surface area contributed by atoms with Crippen molar-refractivity contribution in [3.8, 4) is 0 Å². The van der Waals surface area contributed by atoms with Crippen molar-refractivity contribution in [2.24, 2.45) is 0 Å². The second-order valence-electron chi connectivity index (χ2n) is 7.79. The van der Waals surface area contributed by atoms with E-state index in [4.69, 9.17) is 11.6 Å². The smallest absolute Gasteiger partial charge is 0.253 e. The van der Waals surface area contributed by atoms with Crippen LogP contribution in [-0.4, -0.2) is 55.1 Å². The topological polar surface area (TPSA) is 86.8 Å². The Balaban J connectivity index is 1.45. The molecule has 2 aromatic carbocycles. The predicted molar refractivity (Wildman–Crippen MR) is 119 cm³/mol. The summed E-state index contributed by atoms with van der Waals surface area (Å²) in [5, 5.41) is 3.24. The molecule has 2 heterocycles. The first-order valence-corrected chi connectivity index (χ1v) is 12.2. The third kappa shape index (κ3) is 4.61. The van der Waals surface area contributed by atoms with Crippen molar-refractivity contribution in [3.05, 3.63) is 59.1 Å². The van der Waals surface area contributed by atoms with Crippen molar-refractivity contribution >= 4 is 39.1 Å². The van der Waals surface area contributed by atoms with Crippen LogP contribution in [0, 0.1) is 0 Å². The fourth-order valence-corrected chi connectivity index (χ4v) is 5.84. The number of rotatable bonds is 5. The summed E-state index contributed by atoms with van der Waals surface area (Å²) in [5.74, 6) is -0.389. The van der Waals surface area contributed by atoms with Crippen molar-refractivity contribution in [2.75, 3.05) is 25.0 Å². The summed E-state index contributed by atoms with van der Waals surface area (Å²) in [7, 11) is -3.81. The molecule has 9 heteroatoms. The van der Waals surface area contributed by atoms with Gasteiger partial charge in [0.05, 0.1) is 4.90 Å². The van der Waals surface area contributed by atoms with Gasteiger partial charge in [0.15, 0.2) is 0 Å². The van der Waals surface area contributed by atoms with Gasteiger partial charge >= 0.3 is 0 Å². The molecule has 31 heavy (non-hydrogen) atoms. The van der Waals surface area contributed by atoms with Gasteiger partial charge in [-0.2, -0.15) is 4.31 Å². The first kappa shape index (κ1) is 21.8. The number of carbonyl (C=O) groups excluding carboxylic acids is 2. The van der Waals surface area contributed by atoms with Crippen LogP contribution in [-0.2, 0) is 14.8 Å². The summed E-state index contributed by atoms with van der Waals surface area (Å²) in [6, 6.07) is 11.9.